The first kappa shape index (κ1) is 17.9. The van der Waals surface area contributed by atoms with Crippen molar-refractivity contribution in [2.45, 2.75) is 13.3 Å². The van der Waals surface area contributed by atoms with Crippen molar-refractivity contribution >= 4 is 34.3 Å². The van der Waals surface area contributed by atoms with E-state index in [4.69, 9.17) is 22.1 Å². The van der Waals surface area contributed by atoms with Crippen LogP contribution in [0.3, 0.4) is 0 Å². The second-order valence-electron chi connectivity index (χ2n) is 5.86. The lowest BCUT2D eigenvalue weighted by atomic mass is 10.1. The molecule has 0 saturated heterocycles. The molecule has 0 bridgehead atoms. The fraction of sp³-hybridized carbons (Fsp3) is 0.158. The maximum Gasteiger partial charge on any atom is 0.262 e. The summed E-state index contributed by atoms with van der Waals surface area (Å²) in [5.41, 5.74) is 7.39. The molecule has 2 N–H and O–H groups in total. The molecular weight excluding hydrogens is 359 g/mol. The Morgan fingerprint density at radius 1 is 1.23 bits per heavy atom. The van der Waals surface area contributed by atoms with E-state index in [1.54, 1.807) is 19.1 Å². The zero-order valence-electron chi connectivity index (χ0n) is 14.2. The summed E-state index contributed by atoms with van der Waals surface area (Å²) in [4.78, 5) is 24.5. The Bertz CT molecular complexity index is 1030. The van der Waals surface area contributed by atoms with Gasteiger partial charge in [0, 0.05) is 16.6 Å². The Hall–Kier alpha value is -2.86. The van der Waals surface area contributed by atoms with Crippen LogP contribution in [-0.2, 0) is 11.2 Å². The quantitative estimate of drug-likeness (QED) is 0.759. The SMILES string of the molecule is COc1cc2c(CC(N)=O)c(C)n(C(=O)c3ccc(F)cc3)c2cc1Cl. The number of rotatable bonds is 4. The van der Waals surface area contributed by atoms with E-state index >= 15 is 0 Å². The Morgan fingerprint density at radius 2 is 1.88 bits per heavy atom. The second-order valence-corrected chi connectivity index (χ2v) is 6.27. The van der Waals surface area contributed by atoms with Crippen LogP contribution in [0.4, 0.5) is 4.39 Å². The summed E-state index contributed by atoms with van der Waals surface area (Å²) in [7, 11) is 1.48. The fourth-order valence-corrected chi connectivity index (χ4v) is 3.25. The van der Waals surface area contributed by atoms with E-state index in [1.807, 2.05) is 0 Å². The number of nitrogens with zero attached hydrogens (tertiary/aromatic N) is 1. The molecule has 0 aliphatic heterocycles. The van der Waals surface area contributed by atoms with Gasteiger partial charge in [0.1, 0.15) is 11.6 Å². The van der Waals surface area contributed by atoms with Crippen LogP contribution in [-0.4, -0.2) is 23.5 Å². The molecule has 0 spiro atoms. The van der Waals surface area contributed by atoms with Gasteiger partial charge >= 0.3 is 0 Å². The predicted octanol–water partition coefficient (Wildman–Crippen LogP) is 3.47. The van der Waals surface area contributed by atoms with Crippen molar-refractivity contribution in [1.29, 1.82) is 0 Å². The number of aromatic nitrogens is 1. The van der Waals surface area contributed by atoms with Crippen molar-refractivity contribution < 1.29 is 18.7 Å². The topological polar surface area (TPSA) is 74.3 Å². The molecule has 1 aromatic heterocycles. The summed E-state index contributed by atoms with van der Waals surface area (Å²) in [6.45, 7) is 1.72. The van der Waals surface area contributed by atoms with Gasteiger partial charge in [-0.05, 0) is 48.9 Å². The number of ether oxygens (including phenoxy) is 1. The summed E-state index contributed by atoms with van der Waals surface area (Å²) >= 11 is 6.22. The Labute approximate surface area is 154 Å². The average molecular weight is 375 g/mol. The number of nitrogens with two attached hydrogens (primary N) is 1. The highest BCUT2D eigenvalue weighted by Gasteiger charge is 2.22. The molecule has 0 atom stereocenters. The van der Waals surface area contributed by atoms with Gasteiger partial charge in [0.25, 0.3) is 5.91 Å². The molecule has 0 aliphatic carbocycles. The van der Waals surface area contributed by atoms with Gasteiger partial charge in [0.05, 0.1) is 24.1 Å². The minimum atomic E-state index is -0.518. The molecule has 1 heterocycles. The standard InChI is InChI=1S/C19H16ClFN2O3/c1-10-13(8-18(22)24)14-7-17(26-2)15(20)9-16(14)23(10)19(25)11-3-5-12(21)6-4-11/h3-7,9H,8H2,1-2H3,(H2,22,24). The van der Waals surface area contributed by atoms with Crippen LogP contribution in [0.1, 0.15) is 21.6 Å². The Morgan fingerprint density at radius 3 is 2.46 bits per heavy atom. The first-order valence-corrected chi connectivity index (χ1v) is 8.17. The number of fused-ring (bicyclic) bond motifs is 1. The van der Waals surface area contributed by atoms with Crippen LogP contribution in [0, 0.1) is 12.7 Å². The first-order chi connectivity index (χ1) is 12.3. The van der Waals surface area contributed by atoms with Crippen LogP contribution < -0.4 is 10.5 Å². The number of carbonyl (C=O) groups is 2. The third-order valence-electron chi connectivity index (χ3n) is 4.25. The highest BCUT2D eigenvalue weighted by molar-refractivity contribution is 6.33. The van der Waals surface area contributed by atoms with E-state index in [0.717, 1.165) is 0 Å². The van der Waals surface area contributed by atoms with Crippen LogP contribution in [0.5, 0.6) is 5.75 Å². The highest BCUT2D eigenvalue weighted by Crippen LogP contribution is 2.35. The van der Waals surface area contributed by atoms with Gasteiger partial charge in [0.2, 0.25) is 5.91 Å². The van der Waals surface area contributed by atoms with Crippen LogP contribution in [0.2, 0.25) is 5.02 Å². The predicted molar refractivity (Wildman–Crippen MR) is 97.3 cm³/mol. The van der Waals surface area contributed by atoms with Crippen LogP contribution >= 0.6 is 11.6 Å². The van der Waals surface area contributed by atoms with Gasteiger partial charge in [-0.25, -0.2) is 4.39 Å². The Kier molecular flexibility index (Phi) is 4.70. The molecule has 3 rings (SSSR count). The molecule has 7 heteroatoms. The number of carbonyl (C=O) groups excluding carboxylic acids is 2. The molecule has 0 radical (unpaired) electrons. The maximum absolute atomic E-state index is 13.2. The molecule has 134 valence electrons. The first-order valence-electron chi connectivity index (χ1n) is 7.79. The van der Waals surface area contributed by atoms with Gasteiger partial charge in [-0.2, -0.15) is 0 Å². The number of methoxy groups -OCH3 is 1. The van der Waals surface area contributed by atoms with Gasteiger partial charge in [-0.3, -0.25) is 14.2 Å². The normalized spacial score (nSPS) is 10.9. The summed E-state index contributed by atoms with van der Waals surface area (Å²) in [5.74, 6) is -0.881. The number of amides is 1. The molecule has 0 saturated carbocycles. The minimum Gasteiger partial charge on any atom is -0.495 e. The van der Waals surface area contributed by atoms with E-state index in [0.29, 0.717) is 38.5 Å². The molecule has 1 amide bonds. The lowest BCUT2D eigenvalue weighted by Gasteiger charge is -2.08. The zero-order valence-corrected chi connectivity index (χ0v) is 14.9. The average Bonchev–Trinajstić information content (AvgIpc) is 2.85. The highest BCUT2D eigenvalue weighted by atomic mass is 35.5. The van der Waals surface area contributed by atoms with Gasteiger partial charge in [-0.15, -0.1) is 0 Å². The fourth-order valence-electron chi connectivity index (χ4n) is 3.02. The number of hydrogen-bond donors (Lipinski definition) is 1. The molecule has 5 nitrogen and oxygen atoms in total. The molecule has 26 heavy (non-hydrogen) atoms. The number of benzene rings is 2. The zero-order chi connectivity index (χ0) is 19.0. The molecule has 0 aliphatic rings. The monoisotopic (exact) mass is 374 g/mol. The minimum absolute atomic E-state index is 0.0309. The van der Waals surface area contributed by atoms with Crippen LogP contribution in [0.15, 0.2) is 36.4 Å². The number of hydrogen-bond acceptors (Lipinski definition) is 3. The Balaban J connectivity index is 2.28. The summed E-state index contributed by atoms with van der Waals surface area (Å²) in [6.07, 6.45) is -0.0309. The van der Waals surface area contributed by atoms with Gasteiger partial charge in [-0.1, -0.05) is 11.6 Å². The van der Waals surface area contributed by atoms with E-state index in [9.17, 15) is 14.0 Å². The summed E-state index contributed by atoms with van der Waals surface area (Å²) in [5, 5.41) is 0.981. The van der Waals surface area contributed by atoms with Gasteiger partial charge < -0.3 is 10.5 Å². The van der Waals surface area contributed by atoms with Crippen molar-refractivity contribution in [3.8, 4) is 5.75 Å². The largest absolute Gasteiger partial charge is 0.495 e. The van der Waals surface area contributed by atoms with Crippen LogP contribution in [0.25, 0.3) is 10.9 Å². The van der Waals surface area contributed by atoms with Crippen molar-refractivity contribution in [2.75, 3.05) is 7.11 Å². The van der Waals surface area contributed by atoms with E-state index < -0.39 is 11.7 Å². The number of halogens is 2. The van der Waals surface area contributed by atoms with E-state index in [2.05, 4.69) is 0 Å². The van der Waals surface area contributed by atoms with Gasteiger partial charge in [0.15, 0.2) is 0 Å². The third-order valence-corrected chi connectivity index (χ3v) is 4.55. The molecular formula is C19H16ClFN2O3. The molecule has 0 unspecified atom stereocenters. The van der Waals surface area contributed by atoms with Crippen molar-refractivity contribution in [3.05, 3.63) is 64.1 Å². The smallest absolute Gasteiger partial charge is 0.262 e. The number of primary amides is 1. The lowest BCUT2D eigenvalue weighted by Crippen LogP contribution is -2.16. The van der Waals surface area contributed by atoms with E-state index in [1.165, 1.54) is 35.9 Å². The summed E-state index contributed by atoms with van der Waals surface area (Å²) in [6, 6.07) is 8.53. The third kappa shape index (κ3) is 3.04. The van der Waals surface area contributed by atoms with Crippen molar-refractivity contribution in [2.24, 2.45) is 5.73 Å². The lowest BCUT2D eigenvalue weighted by molar-refractivity contribution is -0.117. The second kappa shape index (κ2) is 6.80. The summed E-state index contributed by atoms with van der Waals surface area (Å²) < 4.78 is 19.9. The molecule has 2 aromatic carbocycles. The van der Waals surface area contributed by atoms with E-state index in [-0.39, 0.29) is 12.3 Å². The van der Waals surface area contributed by atoms with Crippen molar-refractivity contribution in [1.82, 2.24) is 4.57 Å². The molecule has 3 aromatic rings. The maximum atomic E-state index is 13.2. The molecule has 0 fully saturated rings. The van der Waals surface area contributed by atoms with Crippen molar-refractivity contribution in [3.63, 3.8) is 0 Å².